The van der Waals surface area contributed by atoms with Gasteiger partial charge in [0.25, 0.3) is 0 Å². The lowest BCUT2D eigenvalue weighted by Gasteiger charge is -2.38. The zero-order chi connectivity index (χ0) is 13.1. The largest absolute Gasteiger partial charge is 0.375 e. The summed E-state index contributed by atoms with van der Waals surface area (Å²) in [7, 11) is 0. The summed E-state index contributed by atoms with van der Waals surface area (Å²) in [5.41, 5.74) is 0. The number of halogens is 1. The van der Waals surface area contributed by atoms with Gasteiger partial charge in [0.15, 0.2) is 0 Å². The van der Waals surface area contributed by atoms with Crippen molar-refractivity contribution in [3.05, 3.63) is 0 Å². The predicted octanol–water partition coefficient (Wildman–Crippen LogP) is 0.483. The highest BCUT2D eigenvalue weighted by molar-refractivity contribution is 5.85. The van der Waals surface area contributed by atoms with E-state index in [1.807, 2.05) is 4.90 Å². The van der Waals surface area contributed by atoms with Crippen molar-refractivity contribution < 1.29 is 9.53 Å². The van der Waals surface area contributed by atoms with Gasteiger partial charge in [0, 0.05) is 51.7 Å². The van der Waals surface area contributed by atoms with Crippen LogP contribution in [0.25, 0.3) is 0 Å². The minimum atomic E-state index is 0. The zero-order valence-electron chi connectivity index (χ0n) is 12.1. The van der Waals surface area contributed by atoms with E-state index >= 15 is 0 Å². The molecule has 1 saturated carbocycles. The molecule has 116 valence electrons. The number of nitrogens with zero attached hydrogens (tertiary/aromatic N) is 2. The van der Waals surface area contributed by atoms with Crippen LogP contribution in [0.15, 0.2) is 0 Å². The Kier molecular flexibility index (Phi) is 6.08. The number of piperazine rings is 1. The standard InChI is InChI=1S/C14H25N3O2.ClH/c18-14(17-8-5-15-6-9-17)4-7-16-10-11-19-13-3-1-2-12(13)16;/h12-13,15H,1-11H2;1H. The fraction of sp³-hybridized carbons (Fsp3) is 0.929. The van der Waals surface area contributed by atoms with Crippen LogP contribution in [0.4, 0.5) is 0 Å². The molecule has 0 aromatic heterocycles. The second-order valence-corrected chi connectivity index (χ2v) is 5.82. The van der Waals surface area contributed by atoms with E-state index < -0.39 is 0 Å². The van der Waals surface area contributed by atoms with Gasteiger partial charge in [-0.15, -0.1) is 12.4 Å². The third-order valence-corrected chi connectivity index (χ3v) is 4.68. The molecule has 0 aromatic carbocycles. The average Bonchev–Trinajstić information content (AvgIpc) is 2.94. The molecule has 3 fully saturated rings. The van der Waals surface area contributed by atoms with Crippen LogP contribution in [0.5, 0.6) is 0 Å². The molecule has 0 bridgehead atoms. The van der Waals surface area contributed by atoms with Crippen molar-refractivity contribution >= 4 is 18.3 Å². The van der Waals surface area contributed by atoms with Crippen molar-refractivity contribution in [1.82, 2.24) is 15.1 Å². The average molecular weight is 304 g/mol. The number of carbonyl (C=O) groups excluding carboxylic acids is 1. The summed E-state index contributed by atoms with van der Waals surface area (Å²) < 4.78 is 5.81. The first-order chi connectivity index (χ1) is 9.34. The quantitative estimate of drug-likeness (QED) is 0.824. The van der Waals surface area contributed by atoms with Gasteiger partial charge in [0.05, 0.1) is 12.7 Å². The van der Waals surface area contributed by atoms with Crippen LogP contribution < -0.4 is 5.32 Å². The Balaban J connectivity index is 0.00000147. The molecule has 0 spiro atoms. The van der Waals surface area contributed by atoms with Crippen LogP contribution in [-0.4, -0.2) is 73.7 Å². The highest BCUT2D eigenvalue weighted by atomic mass is 35.5. The lowest BCUT2D eigenvalue weighted by Crippen LogP contribution is -2.50. The predicted molar refractivity (Wildman–Crippen MR) is 80.3 cm³/mol. The van der Waals surface area contributed by atoms with Crippen LogP contribution in [0, 0.1) is 0 Å². The van der Waals surface area contributed by atoms with Crippen LogP contribution >= 0.6 is 12.4 Å². The Bertz CT molecular complexity index is 324. The normalized spacial score (nSPS) is 30.7. The van der Waals surface area contributed by atoms with Crippen LogP contribution in [0.2, 0.25) is 0 Å². The summed E-state index contributed by atoms with van der Waals surface area (Å²) in [5.74, 6) is 0.322. The molecule has 1 amide bonds. The Morgan fingerprint density at radius 3 is 2.80 bits per heavy atom. The third-order valence-electron chi connectivity index (χ3n) is 4.68. The number of ether oxygens (including phenoxy) is 1. The maximum absolute atomic E-state index is 12.2. The first-order valence-electron chi connectivity index (χ1n) is 7.69. The molecule has 2 aliphatic heterocycles. The van der Waals surface area contributed by atoms with Crippen molar-refractivity contribution in [3.8, 4) is 0 Å². The number of fused-ring (bicyclic) bond motifs is 1. The van der Waals surface area contributed by atoms with Crippen LogP contribution in [-0.2, 0) is 9.53 Å². The van der Waals surface area contributed by atoms with Gasteiger partial charge in [0.1, 0.15) is 0 Å². The molecule has 2 saturated heterocycles. The Morgan fingerprint density at radius 2 is 2.00 bits per heavy atom. The minimum absolute atomic E-state index is 0. The van der Waals surface area contributed by atoms with Gasteiger partial charge in [-0.3, -0.25) is 9.69 Å². The molecule has 0 aromatic rings. The van der Waals surface area contributed by atoms with E-state index in [9.17, 15) is 4.79 Å². The molecule has 1 aliphatic carbocycles. The number of carbonyl (C=O) groups is 1. The Morgan fingerprint density at radius 1 is 1.20 bits per heavy atom. The molecule has 6 heteroatoms. The maximum atomic E-state index is 12.2. The number of hydrogen-bond donors (Lipinski definition) is 1. The van der Waals surface area contributed by atoms with E-state index in [1.54, 1.807) is 0 Å². The maximum Gasteiger partial charge on any atom is 0.223 e. The summed E-state index contributed by atoms with van der Waals surface area (Å²) >= 11 is 0. The summed E-state index contributed by atoms with van der Waals surface area (Å²) in [6.07, 6.45) is 4.82. The zero-order valence-corrected chi connectivity index (χ0v) is 12.9. The van der Waals surface area contributed by atoms with Gasteiger partial charge in [-0.1, -0.05) is 0 Å². The van der Waals surface area contributed by atoms with Crippen molar-refractivity contribution in [1.29, 1.82) is 0 Å². The number of morpholine rings is 1. The van der Waals surface area contributed by atoms with E-state index in [0.717, 1.165) is 45.9 Å². The topological polar surface area (TPSA) is 44.8 Å². The monoisotopic (exact) mass is 303 g/mol. The first kappa shape index (κ1) is 16.0. The molecule has 2 unspecified atom stereocenters. The van der Waals surface area contributed by atoms with Gasteiger partial charge in [0.2, 0.25) is 5.91 Å². The first-order valence-corrected chi connectivity index (χ1v) is 7.69. The Hall–Kier alpha value is -0.360. The van der Waals surface area contributed by atoms with E-state index in [4.69, 9.17) is 4.74 Å². The Labute approximate surface area is 127 Å². The number of nitrogens with one attached hydrogen (secondary N) is 1. The summed E-state index contributed by atoms with van der Waals surface area (Å²) in [6.45, 7) is 6.36. The van der Waals surface area contributed by atoms with E-state index in [0.29, 0.717) is 24.5 Å². The third kappa shape index (κ3) is 3.64. The molecule has 0 radical (unpaired) electrons. The SMILES string of the molecule is Cl.O=C(CCN1CCOC2CCCC21)N1CCNCC1. The molecule has 3 rings (SSSR count). The summed E-state index contributed by atoms with van der Waals surface area (Å²) in [5, 5.41) is 3.28. The van der Waals surface area contributed by atoms with Crippen molar-refractivity contribution in [2.24, 2.45) is 0 Å². The van der Waals surface area contributed by atoms with E-state index in [2.05, 4.69) is 10.2 Å². The fourth-order valence-corrected chi connectivity index (χ4v) is 3.59. The second-order valence-electron chi connectivity index (χ2n) is 5.82. The fourth-order valence-electron chi connectivity index (χ4n) is 3.59. The molecule has 2 heterocycles. The lowest BCUT2D eigenvalue weighted by atomic mass is 10.1. The van der Waals surface area contributed by atoms with Crippen molar-refractivity contribution in [2.75, 3.05) is 45.9 Å². The van der Waals surface area contributed by atoms with Crippen LogP contribution in [0.3, 0.4) is 0 Å². The van der Waals surface area contributed by atoms with Gasteiger partial charge in [-0.2, -0.15) is 0 Å². The van der Waals surface area contributed by atoms with Gasteiger partial charge in [-0.05, 0) is 19.3 Å². The van der Waals surface area contributed by atoms with Crippen molar-refractivity contribution in [2.45, 2.75) is 37.8 Å². The molecule has 3 aliphatic rings. The van der Waals surface area contributed by atoms with Crippen molar-refractivity contribution in [3.63, 3.8) is 0 Å². The van der Waals surface area contributed by atoms with Crippen LogP contribution in [0.1, 0.15) is 25.7 Å². The van der Waals surface area contributed by atoms with Gasteiger partial charge in [-0.25, -0.2) is 0 Å². The smallest absolute Gasteiger partial charge is 0.223 e. The highest BCUT2D eigenvalue weighted by Gasteiger charge is 2.35. The highest BCUT2D eigenvalue weighted by Crippen LogP contribution is 2.29. The molecule has 1 N–H and O–H groups in total. The molecular weight excluding hydrogens is 278 g/mol. The summed E-state index contributed by atoms with van der Waals surface area (Å²) in [6, 6.07) is 0.574. The lowest BCUT2D eigenvalue weighted by molar-refractivity contribution is -0.133. The molecule has 5 nitrogen and oxygen atoms in total. The number of rotatable bonds is 3. The summed E-state index contributed by atoms with van der Waals surface area (Å²) in [4.78, 5) is 16.7. The molecule has 2 atom stereocenters. The van der Waals surface area contributed by atoms with E-state index in [-0.39, 0.29) is 12.4 Å². The van der Waals surface area contributed by atoms with E-state index in [1.165, 1.54) is 19.3 Å². The second kappa shape index (κ2) is 7.59. The molecular formula is C14H26ClN3O2. The van der Waals surface area contributed by atoms with Gasteiger partial charge < -0.3 is 15.0 Å². The number of hydrogen-bond acceptors (Lipinski definition) is 4. The molecule has 20 heavy (non-hydrogen) atoms. The van der Waals surface area contributed by atoms with Gasteiger partial charge >= 0.3 is 0 Å². The number of amides is 1. The minimum Gasteiger partial charge on any atom is -0.375 e.